The maximum atomic E-state index is 13.5. The van der Waals surface area contributed by atoms with Crippen molar-refractivity contribution in [3.63, 3.8) is 0 Å². The number of nitrogens with zero attached hydrogens (tertiary/aromatic N) is 1. The Balaban J connectivity index is 1.99. The Morgan fingerprint density at radius 1 is 1.00 bits per heavy atom. The van der Waals surface area contributed by atoms with Crippen molar-refractivity contribution in [1.82, 2.24) is 10.3 Å². The van der Waals surface area contributed by atoms with E-state index in [2.05, 4.69) is 10.3 Å². The largest absolute Gasteiger partial charge is 0.317 e. The highest BCUT2D eigenvalue weighted by Gasteiger charge is 2.27. The lowest BCUT2D eigenvalue weighted by Crippen LogP contribution is -2.31. The average Bonchev–Trinajstić information content (AvgIpc) is 2.51. The average molecular weight is 288 g/mol. The minimum atomic E-state index is -0.464. The molecule has 0 bridgehead atoms. The van der Waals surface area contributed by atoms with Crippen molar-refractivity contribution in [1.29, 1.82) is 0 Å². The Morgan fingerprint density at radius 2 is 1.71 bits per heavy atom. The number of rotatable bonds is 3. The molecule has 1 fully saturated rings. The van der Waals surface area contributed by atoms with Crippen molar-refractivity contribution < 1.29 is 8.78 Å². The van der Waals surface area contributed by atoms with Crippen LogP contribution in [-0.2, 0) is 0 Å². The molecule has 0 spiro atoms. The van der Waals surface area contributed by atoms with Crippen LogP contribution in [0.15, 0.2) is 42.5 Å². The molecule has 0 amide bonds. The van der Waals surface area contributed by atoms with Gasteiger partial charge in [0.2, 0.25) is 5.95 Å². The molecular formula is C17H18F2N2. The first-order chi connectivity index (χ1) is 10.2. The third kappa shape index (κ3) is 3.27. The number of hydrogen-bond acceptors (Lipinski definition) is 2. The van der Waals surface area contributed by atoms with E-state index in [-0.39, 0.29) is 11.7 Å². The number of halogens is 2. The second-order valence-corrected chi connectivity index (χ2v) is 5.50. The molecule has 0 radical (unpaired) electrons. The van der Waals surface area contributed by atoms with E-state index in [1.54, 1.807) is 18.2 Å². The van der Waals surface area contributed by atoms with Gasteiger partial charge in [-0.25, -0.2) is 9.37 Å². The van der Waals surface area contributed by atoms with Gasteiger partial charge in [0.05, 0.1) is 5.69 Å². The lowest BCUT2D eigenvalue weighted by Gasteiger charge is -2.30. The summed E-state index contributed by atoms with van der Waals surface area (Å²) in [5, 5.41) is 3.34. The molecule has 3 rings (SSSR count). The van der Waals surface area contributed by atoms with Crippen LogP contribution < -0.4 is 5.32 Å². The minimum absolute atomic E-state index is 0.0170. The Kier molecular flexibility index (Phi) is 4.25. The molecule has 1 aliphatic rings. The smallest absolute Gasteiger partial charge is 0.213 e. The van der Waals surface area contributed by atoms with Gasteiger partial charge in [-0.2, -0.15) is 4.39 Å². The van der Waals surface area contributed by atoms with Gasteiger partial charge < -0.3 is 5.32 Å². The number of hydrogen-bond donors (Lipinski definition) is 1. The highest BCUT2D eigenvalue weighted by molar-refractivity contribution is 5.30. The number of pyridine rings is 1. The maximum absolute atomic E-state index is 13.5. The molecule has 21 heavy (non-hydrogen) atoms. The predicted molar refractivity (Wildman–Crippen MR) is 78.0 cm³/mol. The molecule has 2 heterocycles. The second-order valence-electron chi connectivity index (χ2n) is 5.50. The van der Waals surface area contributed by atoms with Gasteiger partial charge in [0, 0.05) is 5.92 Å². The summed E-state index contributed by atoms with van der Waals surface area (Å²) in [7, 11) is 0. The molecule has 110 valence electrons. The summed E-state index contributed by atoms with van der Waals surface area (Å²) in [6.07, 6.45) is 2.03. The standard InChI is InChI=1S/C17H18F2N2/c18-14-6-4-12(5-7-14)17(13-8-10-20-11-9-13)15-2-1-3-16(19)21-15/h1-7,13,17,20H,8-11H2. The van der Waals surface area contributed by atoms with Gasteiger partial charge in [0.25, 0.3) is 0 Å². The summed E-state index contributed by atoms with van der Waals surface area (Å²) in [6, 6.07) is 11.4. The first-order valence-corrected chi connectivity index (χ1v) is 7.32. The van der Waals surface area contributed by atoms with E-state index in [0.29, 0.717) is 5.92 Å². The quantitative estimate of drug-likeness (QED) is 0.875. The molecule has 1 aromatic heterocycles. The summed E-state index contributed by atoms with van der Waals surface area (Å²) in [5.74, 6) is -0.307. The van der Waals surface area contributed by atoms with Crippen LogP contribution in [0.1, 0.15) is 30.0 Å². The third-order valence-corrected chi connectivity index (χ3v) is 4.14. The molecule has 1 aromatic carbocycles. The van der Waals surface area contributed by atoms with Crippen LogP contribution in [0.5, 0.6) is 0 Å². The van der Waals surface area contributed by atoms with E-state index in [9.17, 15) is 8.78 Å². The molecular weight excluding hydrogens is 270 g/mol. The van der Waals surface area contributed by atoms with Crippen LogP contribution in [0.25, 0.3) is 0 Å². The van der Waals surface area contributed by atoms with Gasteiger partial charge in [0.1, 0.15) is 5.82 Å². The minimum Gasteiger partial charge on any atom is -0.317 e. The fourth-order valence-electron chi connectivity index (χ4n) is 3.13. The van der Waals surface area contributed by atoms with Crippen LogP contribution in [0.3, 0.4) is 0 Å². The van der Waals surface area contributed by atoms with Crippen LogP contribution in [0.4, 0.5) is 8.78 Å². The Morgan fingerprint density at radius 3 is 2.38 bits per heavy atom. The lowest BCUT2D eigenvalue weighted by atomic mass is 9.78. The molecule has 1 saturated heterocycles. The van der Waals surface area contributed by atoms with Crippen molar-refractivity contribution in [3.8, 4) is 0 Å². The van der Waals surface area contributed by atoms with E-state index in [0.717, 1.165) is 37.2 Å². The monoisotopic (exact) mass is 288 g/mol. The Hall–Kier alpha value is -1.81. The molecule has 0 saturated carbocycles. The fourth-order valence-corrected chi connectivity index (χ4v) is 3.13. The number of aromatic nitrogens is 1. The highest BCUT2D eigenvalue weighted by atomic mass is 19.1. The van der Waals surface area contributed by atoms with Crippen molar-refractivity contribution in [2.45, 2.75) is 18.8 Å². The van der Waals surface area contributed by atoms with Crippen molar-refractivity contribution in [3.05, 3.63) is 65.5 Å². The molecule has 1 unspecified atom stereocenters. The van der Waals surface area contributed by atoms with Gasteiger partial charge in [-0.3, -0.25) is 0 Å². The van der Waals surface area contributed by atoms with Crippen LogP contribution in [-0.4, -0.2) is 18.1 Å². The van der Waals surface area contributed by atoms with E-state index >= 15 is 0 Å². The van der Waals surface area contributed by atoms with E-state index in [1.807, 2.05) is 6.07 Å². The van der Waals surface area contributed by atoms with Crippen LogP contribution in [0, 0.1) is 17.7 Å². The summed E-state index contributed by atoms with van der Waals surface area (Å²) >= 11 is 0. The van der Waals surface area contributed by atoms with Gasteiger partial charge in [-0.1, -0.05) is 18.2 Å². The molecule has 1 aliphatic heterocycles. The van der Waals surface area contributed by atoms with Gasteiger partial charge in [-0.15, -0.1) is 0 Å². The molecule has 1 N–H and O–H groups in total. The lowest BCUT2D eigenvalue weighted by molar-refractivity contribution is 0.337. The number of piperidine rings is 1. The zero-order valence-electron chi connectivity index (χ0n) is 11.7. The van der Waals surface area contributed by atoms with E-state index < -0.39 is 5.95 Å². The topological polar surface area (TPSA) is 24.9 Å². The van der Waals surface area contributed by atoms with E-state index in [1.165, 1.54) is 18.2 Å². The Labute approximate surface area is 123 Å². The first kappa shape index (κ1) is 14.1. The number of benzene rings is 1. The van der Waals surface area contributed by atoms with Crippen LogP contribution >= 0.6 is 0 Å². The maximum Gasteiger partial charge on any atom is 0.213 e. The highest BCUT2D eigenvalue weighted by Crippen LogP contribution is 2.36. The Bertz CT molecular complexity index is 592. The van der Waals surface area contributed by atoms with Gasteiger partial charge in [-0.05, 0) is 61.7 Å². The van der Waals surface area contributed by atoms with Crippen molar-refractivity contribution >= 4 is 0 Å². The SMILES string of the molecule is Fc1ccc(C(c2cccc(F)n2)C2CCNCC2)cc1. The molecule has 2 aromatic rings. The normalized spacial score (nSPS) is 17.6. The molecule has 2 nitrogen and oxygen atoms in total. The second kappa shape index (κ2) is 6.31. The predicted octanol–water partition coefficient (Wildman–Crippen LogP) is 3.49. The number of nitrogens with one attached hydrogen (secondary N) is 1. The van der Waals surface area contributed by atoms with E-state index in [4.69, 9.17) is 0 Å². The zero-order valence-corrected chi connectivity index (χ0v) is 11.7. The zero-order chi connectivity index (χ0) is 14.7. The van der Waals surface area contributed by atoms with Crippen molar-refractivity contribution in [2.75, 3.05) is 13.1 Å². The van der Waals surface area contributed by atoms with Gasteiger partial charge >= 0.3 is 0 Å². The fraction of sp³-hybridized carbons (Fsp3) is 0.353. The summed E-state index contributed by atoms with van der Waals surface area (Å²) in [5.41, 5.74) is 1.73. The third-order valence-electron chi connectivity index (χ3n) is 4.14. The summed E-state index contributed by atoms with van der Waals surface area (Å²) < 4.78 is 26.7. The molecule has 0 aliphatic carbocycles. The summed E-state index contributed by atoms with van der Waals surface area (Å²) in [6.45, 7) is 1.91. The van der Waals surface area contributed by atoms with Gasteiger partial charge in [0.15, 0.2) is 0 Å². The first-order valence-electron chi connectivity index (χ1n) is 7.32. The van der Waals surface area contributed by atoms with Crippen LogP contribution in [0.2, 0.25) is 0 Å². The molecule has 4 heteroatoms. The van der Waals surface area contributed by atoms with Crippen molar-refractivity contribution in [2.24, 2.45) is 5.92 Å². The molecule has 1 atom stereocenters. The summed E-state index contributed by atoms with van der Waals surface area (Å²) in [4.78, 5) is 4.07.